The topological polar surface area (TPSA) is 111 Å². The number of nitrogens with one attached hydrogen (secondary N) is 1. The van der Waals surface area contributed by atoms with Crippen LogP contribution in [0.15, 0.2) is 88.4 Å². The van der Waals surface area contributed by atoms with Crippen LogP contribution < -0.4 is 19.1 Å². The minimum atomic E-state index is -3.84. The van der Waals surface area contributed by atoms with Crippen LogP contribution in [0, 0.1) is 0 Å². The first-order valence-electron chi connectivity index (χ1n) is 11.5. The first-order chi connectivity index (χ1) is 18.8. The molecule has 9 nitrogen and oxygen atoms in total. The summed E-state index contributed by atoms with van der Waals surface area (Å²) in [5.74, 6) is 1.29. The molecule has 0 aliphatic carbocycles. The number of rotatable bonds is 9. The number of benzene rings is 3. The molecular weight excluding hydrogens is 562 g/mol. The van der Waals surface area contributed by atoms with Gasteiger partial charge in [0.2, 0.25) is 0 Å². The zero-order valence-corrected chi connectivity index (χ0v) is 23.1. The van der Waals surface area contributed by atoms with Crippen molar-refractivity contribution in [2.24, 2.45) is 0 Å². The van der Waals surface area contributed by atoms with E-state index in [1.807, 2.05) is 0 Å². The van der Waals surface area contributed by atoms with Crippen LogP contribution in [0.3, 0.4) is 0 Å². The molecule has 0 unspecified atom stereocenters. The number of halogens is 1. The summed E-state index contributed by atoms with van der Waals surface area (Å²) >= 11 is 7.66. The molecule has 2 aromatic heterocycles. The van der Waals surface area contributed by atoms with Crippen molar-refractivity contribution in [1.82, 2.24) is 4.98 Å². The lowest BCUT2D eigenvalue weighted by atomic mass is 10.2. The van der Waals surface area contributed by atoms with Crippen molar-refractivity contribution < 1.29 is 27.1 Å². The van der Waals surface area contributed by atoms with Gasteiger partial charge in [0, 0.05) is 11.3 Å². The molecule has 12 heteroatoms. The molecule has 0 saturated carbocycles. The van der Waals surface area contributed by atoms with Gasteiger partial charge in [0.25, 0.3) is 15.9 Å². The van der Waals surface area contributed by atoms with E-state index in [-0.39, 0.29) is 17.3 Å². The first-order valence-corrected chi connectivity index (χ1v) is 14.2. The van der Waals surface area contributed by atoms with Crippen LogP contribution in [0.4, 0.5) is 10.8 Å². The number of sulfonamides is 1. The van der Waals surface area contributed by atoms with E-state index < -0.39 is 10.0 Å². The van der Waals surface area contributed by atoms with Crippen LogP contribution >= 0.6 is 22.9 Å². The number of anilines is 2. The van der Waals surface area contributed by atoms with E-state index in [1.165, 1.54) is 61.0 Å². The van der Waals surface area contributed by atoms with E-state index >= 15 is 0 Å². The maximum Gasteiger partial charge on any atom is 0.261 e. The van der Waals surface area contributed by atoms with Gasteiger partial charge in [0.1, 0.15) is 22.8 Å². The second-order valence-electron chi connectivity index (χ2n) is 8.25. The molecule has 0 aliphatic rings. The van der Waals surface area contributed by atoms with Gasteiger partial charge in [-0.15, -0.1) is 0 Å². The summed E-state index contributed by atoms with van der Waals surface area (Å²) in [6.45, 7) is 0.122. The average Bonchev–Trinajstić information content (AvgIpc) is 3.63. The van der Waals surface area contributed by atoms with E-state index in [0.29, 0.717) is 48.9 Å². The van der Waals surface area contributed by atoms with Crippen molar-refractivity contribution in [3.05, 3.63) is 95.4 Å². The molecule has 3 aromatic carbocycles. The number of furan rings is 1. The van der Waals surface area contributed by atoms with E-state index in [0.717, 1.165) is 0 Å². The zero-order chi connectivity index (χ0) is 27.6. The molecule has 5 aromatic rings. The van der Waals surface area contributed by atoms with Gasteiger partial charge in [-0.3, -0.25) is 14.4 Å². The Kier molecular flexibility index (Phi) is 7.47. The lowest BCUT2D eigenvalue weighted by Crippen LogP contribution is -2.30. The number of aromatic nitrogens is 1. The molecular formula is C27H22ClN3O6S2. The average molecular weight is 584 g/mol. The standard InChI is InChI=1S/C27H22ClN3O6S2/c1-35-19-9-11-21(12-10-19)39(33,34)30-18-7-5-17(6-8-18)26(32)31(16-20-4-3-15-37-20)27-29-24-23(36-2)14-13-22(28)25(24)38-27/h3-15,30H,16H2,1-2H3. The molecule has 0 fully saturated rings. The normalized spacial score (nSPS) is 11.4. The monoisotopic (exact) mass is 583 g/mol. The van der Waals surface area contributed by atoms with Crippen molar-refractivity contribution >= 4 is 59.9 Å². The highest BCUT2D eigenvalue weighted by Gasteiger charge is 2.25. The summed E-state index contributed by atoms with van der Waals surface area (Å²) in [7, 11) is -0.794. The molecule has 5 rings (SSSR count). The van der Waals surface area contributed by atoms with Crippen molar-refractivity contribution in [3.63, 3.8) is 0 Å². The first kappa shape index (κ1) is 26.5. The summed E-state index contributed by atoms with van der Waals surface area (Å²) in [4.78, 5) is 19.9. The Morgan fingerprint density at radius 2 is 1.77 bits per heavy atom. The number of fused-ring (bicyclic) bond motifs is 1. The molecule has 200 valence electrons. The Labute approximate surface area is 233 Å². The Morgan fingerprint density at radius 3 is 2.41 bits per heavy atom. The van der Waals surface area contributed by atoms with Crippen LogP contribution in [-0.4, -0.2) is 33.5 Å². The molecule has 1 amide bonds. The fraction of sp³-hybridized carbons (Fsp3) is 0.111. The quantitative estimate of drug-likeness (QED) is 0.220. The smallest absolute Gasteiger partial charge is 0.261 e. The Balaban J connectivity index is 1.43. The Hall–Kier alpha value is -4.06. The van der Waals surface area contributed by atoms with Crippen LogP contribution in [0.2, 0.25) is 5.02 Å². The molecule has 39 heavy (non-hydrogen) atoms. The Morgan fingerprint density at radius 1 is 1.03 bits per heavy atom. The van der Waals surface area contributed by atoms with Gasteiger partial charge in [-0.2, -0.15) is 0 Å². The lowest BCUT2D eigenvalue weighted by Gasteiger charge is -2.19. The van der Waals surface area contributed by atoms with Crippen LogP contribution in [-0.2, 0) is 16.6 Å². The highest BCUT2D eigenvalue weighted by molar-refractivity contribution is 7.92. The van der Waals surface area contributed by atoms with E-state index in [4.69, 9.17) is 25.5 Å². The SMILES string of the molecule is COc1ccc(S(=O)(=O)Nc2ccc(C(=O)N(Cc3ccco3)c3nc4c(OC)ccc(Cl)c4s3)cc2)cc1. The predicted octanol–water partition coefficient (Wildman–Crippen LogP) is 6.21. The largest absolute Gasteiger partial charge is 0.497 e. The summed E-state index contributed by atoms with van der Waals surface area (Å²) < 4.78 is 44.8. The van der Waals surface area contributed by atoms with Gasteiger partial charge in [0.15, 0.2) is 5.13 Å². The van der Waals surface area contributed by atoms with Crippen molar-refractivity contribution in [2.75, 3.05) is 23.8 Å². The minimum Gasteiger partial charge on any atom is -0.497 e. The highest BCUT2D eigenvalue weighted by atomic mass is 35.5. The predicted molar refractivity (Wildman–Crippen MR) is 151 cm³/mol. The molecule has 0 saturated heterocycles. The molecule has 0 aliphatic heterocycles. The van der Waals surface area contributed by atoms with Crippen molar-refractivity contribution in [3.8, 4) is 11.5 Å². The van der Waals surface area contributed by atoms with Gasteiger partial charge in [-0.05, 0) is 72.8 Å². The Bertz CT molecular complexity index is 1720. The number of methoxy groups -OCH3 is 2. The zero-order valence-electron chi connectivity index (χ0n) is 20.8. The van der Waals surface area contributed by atoms with Crippen LogP contribution in [0.5, 0.6) is 11.5 Å². The number of amides is 1. The van der Waals surface area contributed by atoms with E-state index in [2.05, 4.69) is 9.71 Å². The maximum atomic E-state index is 13.7. The molecule has 0 spiro atoms. The third kappa shape index (κ3) is 5.56. The number of hydrogen-bond donors (Lipinski definition) is 1. The molecule has 0 atom stereocenters. The number of thiazole rings is 1. The maximum absolute atomic E-state index is 13.7. The third-order valence-electron chi connectivity index (χ3n) is 5.79. The van der Waals surface area contributed by atoms with Gasteiger partial charge in [0.05, 0.1) is 41.6 Å². The fourth-order valence-corrected chi connectivity index (χ4v) is 6.12. The van der Waals surface area contributed by atoms with Crippen molar-refractivity contribution in [1.29, 1.82) is 0 Å². The highest BCUT2D eigenvalue weighted by Crippen LogP contribution is 2.39. The molecule has 2 heterocycles. The summed E-state index contributed by atoms with van der Waals surface area (Å²) in [6, 6.07) is 19.1. The van der Waals surface area contributed by atoms with Crippen molar-refractivity contribution in [2.45, 2.75) is 11.4 Å². The summed E-state index contributed by atoms with van der Waals surface area (Å²) in [5, 5.41) is 0.899. The number of carbonyl (C=O) groups is 1. The van der Waals surface area contributed by atoms with Crippen LogP contribution in [0.25, 0.3) is 10.2 Å². The summed E-state index contributed by atoms with van der Waals surface area (Å²) in [5.41, 5.74) is 1.17. The number of ether oxygens (including phenoxy) is 2. The lowest BCUT2D eigenvalue weighted by molar-refractivity contribution is 0.0983. The fourth-order valence-electron chi connectivity index (χ4n) is 3.81. The number of carbonyl (C=O) groups excluding carboxylic acids is 1. The minimum absolute atomic E-state index is 0.0815. The van der Waals surface area contributed by atoms with Gasteiger partial charge >= 0.3 is 0 Å². The summed E-state index contributed by atoms with van der Waals surface area (Å²) in [6.07, 6.45) is 1.53. The number of hydrogen-bond acceptors (Lipinski definition) is 8. The van der Waals surface area contributed by atoms with Gasteiger partial charge < -0.3 is 13.9 Å². The van der Waals surface area contributed by atoms with E-state index in [1.54, 1.807) is 48.5 Å². The molecule has 0 radical (unpaired) electrons. The second-order valence-corrected chi connectivity index (χ2v) is 11.3. The number of nitrogens with zero attached hydrogens (tertiary/aromatic N) is 2. The van der Waals surface area contributed by atoms with Crippen LogP contribution in [0.1, 0.15) is 16.1 Å². The molecule has 1 N–H and O–H groups in total. The second kappa shape index (κ2) is 11.0. The van der Waals surface area contributed by atoms with E-state index in [9.17, 15) is 13.2 Å². The van der Waals surface area contributed by atoms with Gasteiger partial charge in [-0.1, -0.05) is 22.9 Å². The molecule has 0 bridgehead atoms. The third-order valence-corrected chi connectivity index (χ3v) is 8.73. The van der Waals surface area contributed by atoms with Gasteiger partial charge in [-0.25, -0.2) is 13.4 Å².